The van der Waals surface area contributed by atoms with E-state index in [0.29, 0.717) is 18.2 Å². The molecule has 0 amide bonds. The lowest BCUT2D eigenvalue weighted by Gasteiger charge is -2.13. The van der Waals surface area contributed by atoms with Crippen LogP contribution >= 0.6 is 0 Å². The van der Waals surface area contributed by atoms with Gasteiger partial charge in [0.2, 0.25) is 0 Å². The summed E-state index contributed by atoms with van der Waals surface area (Å²) < 4.78 is 23.1. The fourth-order valence-electron chi connectivity index (χ4n) is 3.15. The van der Waals surface area contributed by atoms with Crippen molar-refractivity contribution in [2.45, 2.75) is 46.0 Å². The van der Waals surface area contributed by atoms with Gasteiger partial charge in [-0.3, -0.25) is 4.99 Å². The highest BCUT2D eigenvalue weighted by Crippen LogP contribution is 2.18. The Morgan fingerprint density at radius 1 is 1.23 bits per heavy atom. The van der Waals surface area contributed by atoms with Crippen molar-refractivity contribution in [3.63, 3.8) is 0 Å². The van der Waals surface area contributed by atoms with Crippen LogP contribution in [-0.2, 0) is 16.3 Å². The summed E-state index contributed by atoms with van der Waals surface area (Å²) in [6, 6.07) is 8.87. The molecule has 1 aromatic rings. The van der Waals surface area contributed by atoms with Gasteiger partial charge >= 0.3 is 0 Å². The molecule has 6 heteroatoms. The van der Waals surface area contributed by atoms with Crippen molar-refractivity contribution in [1.29, 1.82) is 0 Å². The molecule has 1 unspecified atom stereocenters. The van der Waals surface area contributed by atoms with E-state index in [9.17, 15) is 8.42 Å². The summed E-state index contributed by atoms with van der Waals surface area (Å²) in [5.41, 5.74) is 2.73. The largest absolute Gasteiger partial charge is 0.357 e. The average molecular weight is 380 g/mol. The number of aliphatic imine (C=N–C) groups is 1. The first kappa shape index (κ1) is 20.7. The number of rotatable bonds is 8. The highest BCUT2D eigenvalue weighted by Gasteiger charge is 2.27. The van der Waals surface area contributed by atoms with Crippen LogP contribution in [0, 0.1) is 5.92 Å². The van der Waals surface area contributed by atoms with E-state index >= 15 is 0 Å². The molecule has 1 aromatic carbocycles. The summed E-state index contributed by atoms with van der Waals surface area (Å²) in [6.45, 7) is 8.67. The maximum atomic E-state index is 11.5. The Labute approximate surface area is 158 Å². The highest BCUT2D eigenvalue weighted by molar-refractivity contribution is 7.91. The van der Waals surface area contributed by atoms with Crippen LogP contribution in [0.3, 0.4) is 0 Å². The minimum absolute atomic E-state index is 0.162. The number of benzene rings is 1. The normalized spacial score (nSPS) is 19.7. The lowest BCUT2D eigenvalue weighted by molar-refractivity contribution is 0.589. The van der Waals surface area contributed by atoms with E-state index in [2.05, 4.69) is 53.7 Å². The zero-order chi connectivity index (χ0) is 19.0. The van der Waals surface area contributed by atoms with Crippen molar-refractivity contribution in [1.82, 2.24) is 10.6 Å². The molecule has 2 N–H and O–H groups in total. The van der Waals surface area contributed by atoms with Gasteiger partial charge in [-0.1, -0.05) is 38.1 Å². The molecule has 0 aromatic heterocycles. The molecule has 2 rings (SSSR count). The third kappa shape index (κ3) is 6.98. The van der Waals surface area contributed by atoms with Crippen LogP contribution in [0.15, 0.2) is 29.3 Å². The summed E-state index contributed by atoms with van der Waals surface area (Å²) in [5.74, 6) is 2.11. The molecule has 146 valence electrons. The van der Waals surface area contributed by atoms with Gasteiger partial charge in [-0.05, 0) is 49.1 Å². The predicted molar refractivity (Wildman–Crippen MR) is 110 cm³/mol. The number of hydrogen-bond donors (Lipinski definition) is 2. The highest BCUT2D eigenvalue weighted by atomic mass is 32.2. The Kier molecular flexibility index (Phi) is 7.94. The molecule has 1 fully saturated rings. The molecule has 1 atom stereocenters. The third-order valence-corrected chi connectivity index (χ3v) is 6.60. The standard InChI is InChI=1S/C20H33N3O2S/c1-4-21-20(23-14-18-11-13-26(24,25)15-18)22-12-5-6-17-7-9-19(10-8-17)16(2)3/h7-10,16,18H,4-6,11-15H2,1-3H3,(H2,21,22,23). The van der Waals surface area contributed by atoms with Crippen LogP contribution in [0.2, 0.25) is 0 Å². The zero-order valence-corrected chi connectivity index (χ0v) is 17.1. The molecular weight excluding hydrogens is 346 g/mol. The Bertz CT molecular complexity index is 682. The van der Waals surface area contributed by atoms with Gasteiger partial charge in [0.25, 0.3) is 0 Å². The second kappa shape index (κ2) is 9.95. The second-order valence-corrected chi connectivity index (χ2v) is 9.64. The molecule has 1 aliphatic heterocycles. The molecule has 0 spiro atoms. The first-order valence-corrected chi connectivity index (χ1v) is 11.5. The van der Waals surface area contributed by atoms with Crippen LogP contribution < -0.4 is 10.6 Å². The number of nitrogens with one attached hydrogen (secondary N) is 2. The minimum Gasteiger partial charge on any atom is -0.357 e. The first-order valence-electron chi connectivity index (χ1n) is 9.71. The minimum atomic E-state index is -2.83. The van der Waals surface area contributed by atoms with Gasteiger partial charge in [-0.15, -0.1) is 0 Å². The van der Waals surface area contributed by atoms with E-state index in [4.69, 9.17) is 0 Å². The van der Waals surface area contributed by atoms with Gasteiger partial charge in [0.05, 0.1) is 11.5 Å². The average Bonchev–Trinajstić information content (AvgIpc) is 2.95. The van der Waals surface area contributed by atoms with Crippen LogP contribution in [0.25, 0.3) is 0 Å². The molecule has 0 aliphatic carbocycles. The molecule has 0 bridgehead atoms. The van der Waals surface area contributed by atoms with Crippen LogP contribution in [0.1, 0.15) is 50.7 Å². The van der Waals surface area contributed by atoms with Crippen molar-refractivity contribution >= 4 is 15.8 Å². The van der Waals surface area contributed by atoms with E-state index in [1.807, 2.05) is 6.92 Å². The zero-order valence-electron chi connectivity index (χ0n) is 16.3. The maximum Gasteiger partial charge on any atom is 0.191 e. The van der Waals surface area contributed by atoms with E-state index in [-0.39, 0.29) is 11.7 Å². The molecule has 0 saturated carbocycles. The molecular formula is C20H33N3O2S. The fraction of sp³-hybridized carbons (Fsp3) is 0.650. The molecule has 1 saturated heterocycles. The van der Waals surface area contributed by atoms with Gasteiger partial charge in [-0.2, -0.15) is 0 Å². The summed E-state index contributed by atoms with van der Waals surface area (Å²) in [7, 11) is -2.83. The van der Waals surface area contributed by atoms with Gasteiger partial charge < -0.3 is 10.6 Å². The maximum absolute atomic E-state index is 11.5. The SMILES string of the molecule is CCNC(=NCC1CCS(=O)(=O)C1)NCCCc1ccc(C(C)C)cc1. The molecule has 0 radical (unpaired) electrons. The monoisotopic (exact) mass is 379 g/mol. The lowest BCUT2D eigenvalue weighted by atomic mass is 10.0. The predicted octanol–water partition coefficient (Wildman–Crippen LogP) is 2.73. The first-order chi connectivity index (χ1) is 12.4. The van der Waals surface area contributed by atoms with Crippen molar-refractivity contribution < 1.29 is 8.42 Å². The van der Waals surface area contributed by atoms with Crippen molar-refractivity contribution in [3.05, 3.63) is 35.4 Å². The molecule has 26 heavy (non-hydrogen) atoms. The second-order valence-electron chi connectivity index (χ2n) is 7.42. The summed E-state index contributed by atoms with van der Waals surface area (Å²) in [5, 5.41) is 6.59. The number of aryl methyl sites for hydroxylation is 1. The van der Waals surface area contributed by atoms with Crippen LogP contribution in [0.4, 0.5) is 0 Å². The van der Waals surface area contributed by atoms with Gasteiger partial charge in [0.15, 0.2) is 15.8 Å². The smallest absolute Gasteiger partial charge is 0.191 e. The van der Waals surface area contributed by atoms with Crippen molar-refractivity contribution in [2.24, 2.45) is 10.9 Å². The van der Waals surface area contributed by atoms with E-state index in [1.165, 1.54) is 11.1 Å². The van der Waals surface area contributed by atoms with Crippen LogP contribution in [-0.4, -0.2) is 45.5 Å². The summed E-state index contributed by atoms with van der Waals surface area (Å²) in [6.07, 6.45) is 2.80. The quantitative estimate of drug-likeness (QED) is 0.414. The number of hydrogen-bond acceptors (Lipinski definition) is 3. The van der Waals surface area contributed by atoms with E-state index in [0.717, 1.165) is 38.3 Å². The van der Waals surface area contributed by atoms with Crippen molar-refractivity contribution in [2.75, 3.05) is 31.1 Å². The molecule has 1 heterocycles. The Morgan fingerprint density at radius 3 is 2.54 bits per heavy atom. The van der Waals surface area contributed by atoms with Gasteiger partial charge in [-0.25, -0.2) is 8.42 Å². The summed E-state index contributed by atoms with van der Waals surface area (Å²) in [4.78, 5) is 4.57. The fourth-order valence-corrected chi connectivity index (χ4v) is 5.00. The number of sulfone groups is 1. The topological polar surface area (TPSA) is 70.6 Å². The van der Waals surface area contributed by atoms with E-state index in [1.54, 1.807) is 0 Å². The van der Waals surface area contributed by atoms with Crippen molar-refractivity contribution in [3.8, 4) is 0 Å². The van der Waals surface area contributed by atoms with Gasteiger partial charge in [0, 0.05) is 19.6 Å². The Balaban J connectivity index is 1.74. The van der Waals surface area contributed by atoms with E-state index < -0.39 is 9.84 Å². The van der Waals surface area contributed by atoms with Crippen LogP contribution in [0.5, 0.6) is 0 Å². The van der Waals surface area contributed by atoms with Gasteiger partial charge in [0.1, 0.15) is 0 Å². The number of guanidine groups is 1. The third-order valence-electron chi connectivity index (χ3n) is 4.76. The molecule has 5 nitrogen and oxygen atoms in total. The Hall–Kier alpha value is -1.56. The number of nitrogens with zero attached hydrogens (tertiary/aromatic N) is 1. The molecule has 1 aliphatic rings. The Morgan fingerprint density at radius 2 is 1.96 bits per heavy atom. The summed E-state index contributed by atoms with van der Waals surface area (Å²) >= 11 is 0. The lowest BCUT2D eigenvalue weighted by Crippen LogP contribution is -2.38.